The zero-order valence-electron chi connectivity index (χ0n) is 17.0. The minimum Gasteiger partial charge on any atom is -0.872 e. The average molecular weight is 468 g/mol. The maximum Gasteiger partial charge on any atom is 0.335 e. The van der Waals surface area contributed by atoms with E-state index in [-0.39, 0.29) is 30.1 Å². The van der Waals surface area contributed by atoms with Crippen LogP contribution >= 0.6 is 24.0 Å². The van der Waals surface area contributed by atoms with Crippen LogP contribution in [0.15, 0.2) is 65.1 Å². The van der Waals surface area contributed by atoms with Gasteiger partial charge in [0.05, 0.1) is 10.5 Å². The predicted molar refractivity (Wildman–Crippen MR) is 126 cm³/mol. The Morgan fingerprint density at radius 1 is 1.22 bits per heavy atom. The Kier molecular flexibility index (Phi) is 7.45. The van der Waals surface area contributed by atoms with E-state index in [1.807, 2.05) is 43.3 Å². The van der Waals surface area contributed by atoms with Gasteiger partial charge in [-0.3, -0.25) is 14.5 Å². The summed E-state index contributed by atoms with van der Waals surface area (Å²) in [6, 6.07) is 13.2. The van der Waals surface area contributed by atoms with E-state index in [0.717, 1.165) is 23.3 Å². The lowest BCUT2D eigenvalue weighted by molar-refractivity contribution is -0.268. The van der Waals surface area contributed by atoms with Crippen molar-refractivity contribution in [3.05, 3.63) is 76.2 Å². The number of nitrogens with one attached hydrogen (secondary N) is 1. The molecule has 0 spiro atoms. The van der Waals surface area contributed by atoms with E-state index in [4.69, 9.17) is 17.3 Å². The predicted octanol–water partition coefficient (Wildman–Crippen LogP) is 3.63. The molecule has 0 atom stereocenters. The fraction of sp³-hybridized carbons (Fsp3) is 0.130. The van der Waals surface area contributed by atoms with Gasteiger partial charge in [-0.2, -0.15) is 0 Å². The third-order valence-electron chi connectivity index (χ3n) is 4.48. The molecule has 1 heterocycles. The molecule has 32 heavy (non-hydrogen) atoms. The second-order valence-electron chi connectivity index (χ2n) is 6.95. The van der Waals surface area contributed by atoms with Gasteiger partial charge in [-0.1, -0.05) is 66.1 Å². The van der Waals surface area contributed by atoms with E-state index in [1.165, 1.54) is 22.7 Å². The molecule has 0 unspecified atom stereocenters. The Bertz CT molecular complexity index is 1140. The van der Waals surface area contributed by atoms with Crippen molar-refractivity contribution >= 4 is 57.8 Å². The smallest absolute Gasteiger partial charge is 0.335 e. The Morgan fingerprint density at radius 2 is 1.94 bits per heavy atom. The van der Waals surface area contributed by atoms with E-state index >= 15 is 0 Å². The Hall–Kier alpha value is -3.43. The minimum atomic E-state index is -1.33. The van der Waals surface area contributed by atoms with Crippen molar-refractivity contribution in [3.63, 3.8) is 0 Å². The van der Waals surface area contributed by atoms with Crippen molar-refractivity contribution in [2.24, 2.45) is 0 Å². The third kappa shape index (κ3) is 5.83. The number of thioether (sulfide) groups is 1. The van der Waals surface area contributed by atoms with E-state index in [2.05, 4.69) is 5.32 Å². The molecule has 164 valence electrons. The molecular formula is C23H19N2O5S2-. The largest absolute Gasteiger partial charge is 0.872 e. The van der Waals surface area contributed by atoms with Crippen LogP contribution in [0.25, 0.3) is 6.08 Å². The number of rotatable bonds is 7. The van der Waals surface area contributed by atoms with Crippen LogP contribution in [0.4, 0.5) is 5.69 Å². The van der Waals surface area contributed by atoms with Gasteiger partial charge < -0.3 is 15.5 Å². The molecule has 1 fully saturated rings. The molecule has 0 saturated carbocycles. The molecule has 0 radical (unpaired) electrons. The van der Waals surface area contributed by atoms with Gasteiger partial charge in [-0.25, -0.2) is 4.79 Å². The highest BCUT2D eigenvalue weighted by Gasteiger charge is 2.32. The first-order valence-corrected chi connectivity index (χ1v) is 10.8. The maximum atomic E-state index is 12.7. The summed E-state index contributed by atoms with van der Waals surface area (Å²) < 4.78 is 0.370. The lowest BCUT2D eigenvalue weighted by Gasteiger charge is -2.15. The number of hydrogen-bond donors (Lipinski definition) is 2. The number of carboxylic acid groups (broad SMARTS) is 1. The van der Waals surface area contributed by atoms with E-state index < -0.39 is 17.6 Å². The van der Waals surface area contributed by atoms with Gasteiger partial charge in [-0.05, 0) is 42.3 Å². The van der Waals surface area contributed by atoms with Gasteiger partial charge in [0, 0.05) is 18.7 Å². The molecule has 3 rings (SSSR count). The quantitative estimate of drug-likeness (QED) is 0.473. The molecule has 2 N–H and O–H groups in total. The Morgan fingerprint density at radius 3 is 2.59 bits per heavy atom. The highest BCUT2D eigenvalue weighted by molar-refractivity contribution is 8.26. The molecule has 0 bridgehead atoms. The molecule has 0 aliphatic carbocycles. The molecule has 0 aromatic heterocycles. The summed E-state index contributed by atoms with van der Waals surface area (Å²) in [6.07, 6.45) is 3.69. The first-order chi connectivity index (χ1) is 15.2. The van der Waals surface area contributed by atoms with Gasteiger partial charge >= 0.3 is 5.97 Å². The monoisotopic (exact) mass is 467 g/mol. The minimum absolute atomic E-state index is 0.0343. The number of amides is 2. The van der Waals surface area contributed by atoms with Gasteiger partial charge in [-0.15, -0.1) is 0 Å². The Balaban J connectivity index is 1.59. The van der Waals surface area contributed by atoms with Crippen molar-refractivity contribution in [1.29, 1.82) is 0 Å². The van der Waals surface area contributed by atoms with Crippen molar-refractivity contribution in [1.82, 2.24) is 4.90 Å². The van der Waals surface area contributed by atoms with E-state index in [0.29, 0.717) is 9.23 Å². The first kappa shape index (κ1) is 23.2. The van der Waals surface area contributed by atoms with Crippen molar-refractivity contribution in [2.45, 2.75) is 13.3 Å². The molecule has 9 heteroatoms. The molecule has 1 aliphatic rings. The van der Waals surface area contributed by atoms with E-state index in [9.17, 15) is 19.5 Å². The van der Waals surface area contributed by atoms with Crippen LogP contribution in [-0.4, -0.2) is 38.7 Å². The SMILES string of the molecule is CC(=C/c1ccccc1)/C=C1\SC(=S)N(CCC(=O)Nc2ccc(C(=O)O)c([O-])c2)C1=O. The molecule has 2 aromatic rings. The topological polar surface area (TPSA) is 110 Å². The van der Waals surface area contributed by atoms with E-state index in [1.54, 1.807) is 6.08 Å². The summed E-state index contributed by atoms with van der Waals surface area (Å²) in [5.74, 6) is -2.72. The summed E-state index contributed by atoms with van der Waals surface area (Å²) in [5, 5.41) is 23.2. The fourth-order valence-corrected chi connectivity index (χ4v) is 4.33. The number of carbonyl (C=O) groups is 3. The first-order valence-electron chi connectivity index (χ1n) is 9.57. The normalized spacial score (nSPS) is 15.3. The summed E-state index contributed by atoms with van der Waals surface area (Å²) in [7, 11) is 0. The van der Waals surface area contributed by atoms with Crippen molar-refractivity contribution in [2.75, 3.05) is 11.9 Å². The lowest BCUT2D eigenvalue weighted by atomic mass is 10.1. The highest BCUT2D eigenvalue weighted by Crippen LogP contribution is 2.32. The van der Waals surface area contributed by atoms with Crippen LogP contribution in [0.5, 0.6) is 5.75 Å². The second-order valence-corrected chi connectivity index (χ2v) is 8.62. The van der Waals surface area contributed by atoms with Crippen LogP contribution in [0.3, 0.4) is 0 Å². The molecule has 1 aliphatic heterocycles. The third-order valence-corrected chi connectivity index (χ3v) is 5.86. The van der Waals surface area contributed by atoms with Crippen LogP contribution in [0.2, 0.25) is 0 Å². The van der Waals surface area contributed by atoms with Crippen LogP contribution in [-0.2, 0) is 9.59 Å². The number of hydrogen-bond acceptors (Lipinski definition) is 6. The summed E-state index contributed by atoms with van der Waals surface area (Å²) >= 11 is 6.48. The lowest BCUT2D eigenvalue weighted by Crippen LogP contribution is -2.31. The zero-order valence-corrected chi connectivity index (χ0v) is 18.7. The van der Waals surface area contributed by atoms with Crippen molar-refractivity contribution in [3.8, 4) is 5.75 Å². The maximum absolute atomic E-state index is 12.7. The molecule has 2 aromatic carbocycles. The number of thiocarbonyl (C=S) groups is 1. The number of anilines is 1. The van der Waals surface area contributed by atoms with Crippen LogP contribution in [0, 0.1) is 0 Å². The van der Waals surface area contributed by atoms with Crippen molar-refractivity contribution < 1.29 is 24.6 Å². The number of allylic oxidation sites excluding steroid dienone is 2. The van der Waals surface area contributed by atoms with Gasteiger partial charge in [0.2, 0.25) is 5.91 Å². The number of benzene rings is 2. The summed E-state index contributed by atoms with van der Waals surface area (Å²) in [6.45, 7) is 1.99. The fourth-order valence-electron chi connectivity index (χ4n) is 2.97. The summed E-state index contributed by atoms with van der Waals surface area (Å²) in [4.78, 5) is 37.7. The average Bonchev–Trinajstić information content (AvgIpc) is 2.99. The summed E-state index contributed by atoms with van der Waals surface area (Å²) in [5.41, 5.74) is 1.74. The number of aromatic carboxylic acids is 1. The standard InChI is InChI=1S/C23H20N2O5S2/c1-14(11-15-5-3-2-4-6-15)12-19-21(28)25(23(31)32-19)10-9-20(27)24-16-7-8-17(22(29)30)18(26)13-16/h2-8,11-13,26H,9-10H2,1H3,(H,24,27)(H,29,30)/p-1/b14-11-,19-12-. The number of carbonyl (C=O) groups excluding carboxylic acids is 2. The second kappa shape index (κ2) is 10.3. The number of carboxylic acids is 1. The van der Waals surface area contributed by atoms with Gasteiger partial charge in [0.15, 0.2) is 0 Å². The van der Waals surface area contributed by atoms with Gasteiger partial charge in [0.25, 0.3) is 5.91 Å². The molecule has 7 nitrogen and oxygen atoms in total. The molecule has 1 saturated heterocycles. The van der Waals surface area contributed by atoms with Gasteiger partial charge in [0.1, 0.15) is 4.32 Å². The zero-order chi connectivity index (χ0) is 23.3. The molecular weight excluding hydrogens is 448 g/mol. The molecule has 2 amide bonds. The van der Waals surface area contributed by atoms with Crippen LogP contribution < -0.4 is 10.4 Å². The highest BCUT2D eigenvalue weighted by atomic mass is 32.2. The number of nitrogens with zero attached hydrogens (tertiary/aromatic N) is 1. The Labute approximate surface area is 194 Å². The van der Waals surface area contributed by atoms with Crippen LogP contribution in [0.1, 0.15) is 29.3 Å².